The smallest absolute Gasteiger partial charge is 0.376 e. The van der Waals surface area contributed by atoms with Gasteiger partial charge in [-0.05, 0) is 6.42 Å². The monoisotopic (exact) mass is 221 g/mol. The van der Waals surface area contributed by atoms with Gasteiger partial charge in [0, 0.05) is 21.3 Å². The van der Waals surface area contributed by atoms with Crippen LogP contribution >= 0.6 is 0 Å². The van der Waals surface area contributed by atoms with Crippen molar-refractivity contribution in [3.8, 4) is 0 Å². The zero-order valence-corrected chi connectivity index (χ0v) is 10.1. The lowest BCUT2D eigenvalue weighted by molar-refractivity contribution is 0.112. The van der Waals surface area contributed by atoms with Crippen LogP contribution in [0.2, 0.25) is 0 Å². The minimum absolute atomic E-state index is 0.0138. The Bertz CT molecular complexity index is 184. The van der Waals surface area contributed by atoms with Gasteiger partial charge in [-0.15, -0.1) is 0 Å². The van der Waals surface area contributed by atoms with E-state index >= 15 is 0 Å². The van der Waals surface area contributed by atoms with Crippen molar-refractivity contribution in [2.75, 3.05) is 21.3 Å². The highest BCUT2D eigenvalue weighted by Crippen LogP contribution is 2.17. The summed E-state index contributed by atoms with van der Waals surface area (Å²) < 4.78 is 15.8. The first-order valence-electron chi connectivity index (χ1n) is 4.30. The second-order valence-electron chi connectivity index (χ2n) is 2.69. The Balaban J connectivity index is 4.84. The average Bonchev–Trinajstić information content (AvgIpc) is 2.19. The van der Waals surface area contributed by atoms with Crippen molar-refractivity contribution in [1.82, 2.24) is 0 Å². The number of nitrogens with two attached hydrogens (primary N) is 2. The Morgan fingerprint density at radius 2 is 1.64 bits per heavy atom. The Hall–Kier alpha value is -0.633. The van der Waals surface area contributed by atoms with Crippen LogP contribution in [0, 0.1) is 0 Å². The van der Waals surface area contributed by atoms with E-state index in [9.17, 15) is 0 Å². The lowest BCUT2D eigenvalue weighted by Crippen LogP contribution is -2.54. The summed E-state index contributed by atoms with van der Waals surface area (Å²) in [5.74, 6) is 0.0138. The summed E-state index contributed by atoms with van der Waals surface area (Å²) in [5, 5.41) is 0. The molecule has 6 nitrogen and oxygen atoms in total. The van der Waals surface area contributed by atoms with E-state index < -0.39 is 8.80 Å². The van der Waals surface area contributed by atoms with Crippen LogP contribution < -0.4 is 11.5 Å². The molecule has 0 aliphatic rings. The van der Waals surface area contributed by atoms with Gasteiger partial charge in [-0.2, -0.15) is 0 Å². The third-order valence-corrected chi connectivity index (χ3v) is 5.01. The predicted molar refractivity (Wildman–Crippen MR) is 56.7 cm³/mol. The predicted octanol–water partition coefficient (Wildman–Crippen LogP) is -0.544. The third kappa shape index (κ3) is 2.95. The van der Waals surface area contributed by atoms with E-state index in [0.717, 1.165) is 0 Å². The van der Waals surface area contributed by atoms with E-state index in [0.29, 0.717) is 6.42 Å². The molecule has 84 valence electrons. The zero-order valence-electron chi connectivity index (χ0n) is 9.11. The molecule has 0 heterocycles. The van der Waals surface area contributed by atoms with Crippen LogP contribution in [0.4, 0.5) is 0 Å². The van der Waals surface area contributed by atoms with E-state index in [1.807, 2.05) is 6.92 Å². The summed E-state index contributed by atoms with van der Waals surface area (Å²) in [5.41, 5.74) is 10.4. The molecule has 0 bridgehead atoms. The summed E-state index contributed by atoms with van der Waals surface area (Å²) >= 11 is 0. The van der Waals surface area contributed by atoms with Crippen molar-refractivity contribution in [1.29, 1.82) is 0 Å². The molecule has 0 aliphatic heterocycles. The molecule has 1 atom stereocenters. The van der Waals surface area contributed by atoms with E-state index in [1.54, 1.807) is 0 Å². The van der Waals surface area contributed by atoms with E-state index in [2.05, 4.69) is 4.99 Å². The van der Waals surface area contributed by atoms with Gasteiger partial charge in [0.25, 0.3) is 0 Å². The van der Waals surface area contributed by atoms with E-state index in [4.69, 9.17) is 24.7 Å². The van der Waals surface area contributed by atoms with Crippen molar-refractivity contribution >= 4 is 14.8 Å². The van der Waals surface area contributed by atoms with Crippen LogP contribution in [0.5, 0.6) is 0 Å². The van der Waals surface area contributed by atoms with Gasteiger partial charge < -0.3 is 24.7 Å². The summed E-state index contributed by atoms with van der Waals surface area (Å²) in [4.78, 5) is 4.04. The minimum Gasteiger partial charge on any atom is -0.376 e. The quantitative estimate of drug-likeness (QED) is 0.357. The molecule has 0 aliphatic carbocycles. The van der Waals surface area contributed by atoms with Crippen molar-refractivity contribution in [2.45, 2.75) is 19.0 Å². The molecule has 0 aromatic carbocycles. The Labute approximate surface area is 85.6 Å². The minimum atomic E-state index is -2.76. The zero-order chi connectivity index (χ0) is 11.2. The number of hydrogen-bond donors (Lipinski definition) is 2. The Morgan fingerprint density at radius 1 is 1.21 bits per heavy atom. The van der Waals surface area contributed by atoms with Crippen molar-refractivity contribution in [3.63, 3.8) is 0 Å². The number of rotatable bonds is 6. The number of guanidine groups is 1. The van der Waals surface area contributed by atoms with Gasteiger partial charge in [-0.25, -0.2) is 4.99 Å². The number of aliphatic imine (C=N–C) groups is 1. The van der Waals surface area contributed by atoms with E-state index in [1.165, 1.54) is 21.3 Å². The molecule has 4 N–H and O–H groups in total. The van der Waals surface area contributed by atoms with Gasteiger partial charge in [0.15, 0.2) is 5.96 Å². The molecule has 0 spiro atoms. The van der Waals surface area contributed by atoms with Crippen LogP contribution in [0.15, 0.2) is 4.99 Å². The highest BCUT2D eigenvalue weighted by atomic mass is 28.4. The second-order valence-corrected chi connectivity index (χ2v) is 5.79. The first kappa shape index (κ1) is 13.4. The highest BCUT2D eigenvalue weighted by Gasteiger charge is 2.46. The van der Waals surface area contributed by atoms with Crippen LogP contribution in [0.1, 0.15) is 13.3 Å². The molecule has 0 aromatic rings. The molecule has 0 fully saturated rings. The normalized spacial score (nSPS) is 13.7. The fourth-order valence-electron chi connectivity index (χ4n) is 1.26. The fourth-order valence-corrected chi connectivity index (χ4v) is 3.38. The summed E-state index contributed by atoms with van der Waals surface area (Å²) in [6.07, 6.45) is 0.694. The van der Waals surface area contributed by atoms with Gasteiger partial charge in [-0.1, -0.05) is 6.92 Å². The summed E-state index contributed by atoms with van der Waals surface area (Å²) in [6.45, 7) is 1.94. The van der Waals surface area contributed by atoms with Gasteiger partial charge >= 0.3 is 8.80 Å². The first-order chi connectivity index (χ1) is 6.56. The fraction of sp³-hybridized carbons (Fsp3) is 0.857. The van der Waals surface area contributed by atoms with Gasteiger partial charge in [0.2, 0.25) is 0 Å². The van der Waals surface area contributed by atoms with Crippen LogP contribution in [0.3, 0.4) is 0 Å². The SMILES string of the molecule is CCC(N=C(N)N)[Si](OC)(OC)OC. The van der Waals surface area contributed by atoms with Crippen LogP contribution in [-0.4, -0.2) is 41.8 Å². The maximum absolute atomic E-state index is 5.31. The molecule has 0 rings (SSSR count). The Kier molecular flexibility index (Phi) is 5.70. The molecule has 1 unspecified atom stereocenters. The topological polar surface area (TPSA) is 92.1 Å². The largest absolute Gasteiger partial charge is 0.526 e. The summed E-state index contributed by atoms with van der Waals surface area (Å²) in [7, 11) is 1.84. The van der Waals surface area contributed by atoms with Gasteiger partial charge in [-0.3, -0.25) is 0 Å². The average molecular weight is 221 g/mol. The van der Waals surface area contributed by atoms with E-state index in [-0.39, 0.29) is 11.6 Å². The van der Waals surface area contributed by atoms with Crippen molar-refractivity contribution in [2.24, 2.45) is 16.5 Å². The molecule has 7 heteroatoms. The van der Waals surface area contributed by atoms with Crippen LogP contribution in [0.25, 0.3) is 0 Å². The van der Waals surface area contributed by atoms with Gasteiger partial charge in [0.05, 0.1) is 0 Å². The summed E-state index contributed by atoms with van der Waals surface area (Å²) in [6, 6.07) is 0. The lowest BCUT2D eigenvalue weighted by atomic mass is 10.5. The van der Waals surface area contributed by atoms with Crippen LogP contribution in [-0.2, 0) is 13.3 Å². The third-order valence-electron chi connectivity index (χ3n) is 1.95. The molecule has 0 saturated heterocycles. The standard InChI is InChI=1S/C7H19N3O3Si/c1-5-6(10-7(8)9)14(11-2,12-3)13-4/h6H,5H2,1-4H3,(H4,8,9,10). The van der Waals surface area contributed by atoms with Gasteiger partial charge in [0.1, 0.15) is 5.67 Å². The van der Waals surface area contributed by atoms with Crippen molar-refractivity contribution in [3.05, 3.63) is 0 Å². The molecule has 0 radical (unpaired) electrons. The highest BCUT2D eigenvalue weighted by molar-refractivity contribution is 6.62. The molecular weight excluding hydrogens is 202 g/mol. The molecule has 0 saturated carbocycles. The van der Waals surface area contributed by atoms with Crippen molar-refractivity contribution < 1.29 is 13.3 Å². The lowest BCUT2D eigenvalue weighted by Gasteiger charge is -2.29. The second kappa shape index (κ2) is 5.97. The number of hydrogen-bond acceptors (Lipinski definition) is 4. The first-order valence-corrected chi connectivity index (χ1v) is 6.10. The molecule has 0 aromatic heterocycles. The maximum atomic E-state index is 5.31. The Morgan fingerprint density at radius 3 is 1.86 bits per heavy atom. The number of nitrogens with zero attached hydrogens (tertiary/aromatic N) is 1. The molecule has 0 amide bonds. The molecule has 14 heavy (non-hydrogen) atoms. The maximum Gasteiger partial charge on any atom is 0.526 e. The molecular formula is C7H19N3O3Si.